The zero-order valence-corrected chi connectivity index (χ0v) is 10.2. The number of hydrogen-bond donors (Lipinski definition) is 2. The maximum Gasteiger partial charge on any atom is 0.226 e. The van der Waals surface area contributed by atoms with Crippen molar-refractivity contribution < 1.29 is 4.74 Å². The van der Waals surface area contributed by atoms with Crippen molar-refractivity contribution in [1.82, 2.24) is 9.97 Å². The molecule has 0 aliphatic rings. The van der Waals surface area contributed by atoms with Gasteiger partial charge in [-0.15, -0.1) is 0 Å². The molecule has 1 heterocycles. The predicted molar refractivity (Wildman–Crippen MR) is 64.7 cm³/mol. The Balaban J connectivity index is 2.74. The molecule has 5 nitrogen and oxygen atoms in total. The van der Waals surface area contributed by atoms with Gasteiger partial charge >= 0.3 is 0 Å². The number of anilines is 1. The van der Waals surface area contributed by atoms with Crippen LogP contribution in [0.4, 0.5) is 5.95 Å². The summed E-state index contributed by atoms with van der Waals surface area (Å²) in [5.41, 5.74) is 6.43. The Bertz CT molecular complexity index is 330. The summed E-state index contributed by atoms with van der Waals surface area (Å²) in [5, 5.41) is 3.26. The molecule has 0 saturated heterocycles. The largest absolute Gasteiger partial charge is 0.481 e. The number of aromatic nitrogens is 2. The smallest absolute Gasteiger partial charge is 0.226 e. The van der Waals surface area contributed by atoms with Gasteiger partial charge in [-0.05, 0) is 26.3 Å². The first kappa shape index (κ1) is 12.7. The minimum atomic E-state index is 0.316. The average molecular weight is 224 g/mol. The highest BCUT2D eigenvalue weighted by Crippen LogP contribution is 2.13. The summed E-state index contributed by atoms with van der Waals surface area (Å²) >= 11 is 0. The minimum absolute atomic E-state index is 0.316. The van der Waals surface area contributed by atoms with Gasteiger partial charge in [-0.2, -0.15) is 4.98 Å². The first-order valence-corrected chi connectivity index (χ1v) is 5.55. The molecule has 3 N–H and O–H groups in total. The minimum Gasteiger partial charge on any atom is -0.481 e. The highest BCUT2D eigenvalue weighted by Gasteiger charge is 2.08. The van der Waals surface area contributed by atoms with Gasteiger partial charge in [0.05, 0.1) is 7.11 Å². The number of ether oxygens (including phenoxy) is 1. The zero-order valence-electron chi connectivity index (χ0n) is 10.2. The molecule has 0 aromatic carbocycles. The van der Waals surface area contributed by atoms with Crippen LogP contribution in [-0.2, 0) is 0 Å². The summed E-state index contributed by atoms with van der Waals surface area (Å²) in [5.74, 6) is 1.19. The van der Waals surface area contributed by atoms with Gasteiger partial charge < -0.3 is 15.8 Å². The Morgan fingerprint density at radius 2 is 2.25 bits per heavy atom. The van der Waals surface area contributed by atoms with Gasteiger partial charge in [0.2, 0.25) is 11.8 Å². The molecular weight excluding hydrogens is 204 g/mol. The lowest BCUT2D eigenvalue weighted by Crippen LogP contribution is -2.23. The highest BCUT2D eigenvalue weighted by atomic mass is 16.5. The Labute approximate surface area is 96.4 Å². The molecule has 16 heavy (non-hydrogen) atoms. The topological polar surface area (TPSA) is 73.1 Å². The average Bonchev–Trinajstić information content (AvgIpc) is 2.27. The molecule has 1 aromatic heterocycles. The summed E-state index contributed by atoms with van der Waals surface area (Å²) in [4.78, 5) is 8.55. The molecule has 1 atom stereocenters. The van der Waals surface area contributed by atoms with Crippen LogP contribution in [0, 0.1) is 6.92 Å². The number of nitrogens with two attached hydrogens (primary N) is 1. The van der Waals surface area contributed by atoms with Crippen molar-refractivity contribution in [3.05, 3.63) is 11.8 Å². The Morgan fingerprint density at radius 1 is 1.50 bits per heavy atom. The lowest BCUT2D eigenvalue weighted by Gasteiger charge is -2.16. The van der Waals surface area contributed by atoms with Gasteiger partial charge in [0.1, 0.15) is 0 Å². The van der Waals surface area contributed by atoms with Crippen LogP contribution in [0.3, 0.4) is 0 Å². The monoisotopic (exact) mass is 224 g/mol. The van der Waals surface area contributed by atoms with Gasteiger partial charge in [-0.3, -0.25) is 0 Å². The van der Waals surface area contributed by atoms with Crippen molar-refractivity contribution in [2.24, 2.45) is 5.73 Å². The Kier molecular flexibility index (Phi) is 4.98. The van der Waals surface area contributed by atoms with Crippen molar-refractivity contribution >= 4 is 5.95 Å². The number of hydrogen-bond acceptors (Lipinski definition) is 5. The van der Waals surface area contributed by atoms with Crippen molar-refractivity contribution in [3.63, 3.8) is 0 Å². The third kappa shape index (κ3) is 3.66. The molecule has 1 unspecified atom stereocenters. The van der Waals surface area contributed by atoms with E-state index >= 15 is 0 Å². The first-order chi connectivity index (χ1) is 7.69. The number of nitrogens with zero attached hydrogens (tertiary/aromatic N) is 2. The third-order valence-corrected chi connectivity index (χ3v) is 2.38. The zero-order chi connectivity index (χ0) is 12.0. The van der Waals surface area contributed by atoms with E-state index < -0.39 is 0 Å². The van der Waals surface area contributed by atoms with E-state index in [1.165, 1.54) is 0 Å². The highest BCUT2D eigenvalue weighted by molar-refractivity contribution is 5.31. The number of rotatable bonds is 6. The lowest BCUT2D eigenvalue weighted by atomic mass is 10.1. The fourth-order valence-electron chi connectivity index (χ4n) is 1.47. The Hall–Kier alpha value is -1.36. The Morgan fingerprint density at radius 3 is 2.81 bits per heavy atom. The molecule has 0 aliphatic carbocycles. The normalized spacial score (nSPS) is 12.2. The van der Waals surface area contributed by atoms with Crippen LogP contribution < -0.4 is 15.8 Å². The summed E-state index contributed by atoms with van der Waals surface area (Å²) in [7, 11) is 1.60. The van der Waals surface area contributed by atoms with Crippen LogP contribution in [0.25, 0.3) is 0 Å². The fraction of sp³-hybridized carbons (Fsp3) is 0.636. The van der Waals surface area contributed by atoms with Crippen LogP contribution in [0.5, 0.6) is 5.88 Å². The van der Waals surface area contributed by atoms with Crippen LogP contribution in [0.1, 0.15) is 25.5 Å². The standard InChI is InChI=1S/C11H20N4O/c1-4-9(5-6-12)14-11-13-8(2)7-10(15-11)16-3/h7,9H,4-6,12H2,1-3H3,(H,13,14,15). The van der Waals surface area contributed by atoms with Gasteiger partial charge in [0.25, 0.3) is 0 Å². The first-order valence-electron chi connectivity index (χ1n) is 5.55. The fourth-order valence-corrected chi connectivity index (χ4v) is 1.47. The summed E-state index contributed by atoms with van der Waals surface area (Å²) in [6.45, 7) is 4.69. The third-order valence-electron chi connectivity index (χ3n) is 2.38. The van der Waals surface area contributed by atoms with Crippen LogP contribution in [0.2, 0.25) is 0 Å². The van der Waals surface area contributed by atoms with E-state index in [2.05, 4.69) is 22.2 Å². The van der Waals surface area contributed by atoms with Gasteiger partial charge in [-0.25, -0.2) is 4.98 Å². The van der Waals surface area contributed by atoms with Gasteiger partial charge in [-0.1, -0.05) is 6.92 Å². The molecule has 1 rings (SSSR count). The van der Waals surface area contributed by atoms with E-state index in [0.717, 1.165) is 18.5 Å². The summed E-state index contributed by atoms with van der Waals surface area (Å²) < 4.78 is 5.10. The van der Waals surface area contributed by atoms with E-state index in [1.54, 1.807) is 13.2 Å². The van der Waals surface area contributed by atoms with Gasteiger partial charge in [0, 0.05) is 17.8 Å². The molecular formula is C11H20N4O. The van der Waals surface area contributed by atoms with E-state index in [4.69, 9.17) is 10.5 Å². The molecule has 0 radical (unpaired) electrons. The summed E-state index contributed by atoms with van der Waals surface area (Å²) in [6.07, 6.45) is 1.91. The molecule has 0 fully saturated rings. The van der Waals surface area contributed by atoms with Crippen LogP contribution in [0.15, 0.2) is 6.07 Å². The second kappa shape index (κ2) is 6.27. The van der Waals surface area contributed by atoms with Crippen molar-refractivity contribution in [2.75, 3.05) is 19.0 Å². The maximum absolute atomic E-state index is 5.54. The molecule has 0 saturated carbocycles. The van der Waals surface area contributed by atoms with E-state index in [0.29, 0.717) is 24.4 Å². The molecule has 90 valence electrons. The number of aryl methyl sites for hydroxylation is 1. The molecule has 0 bridgehead atoms. The molecule has 1 aromatic rings. The number of methoxy groups -OCH3 is 1. The van der Waals surface area contributed by atoms with Crippen LogP contribution in [-0.4, -0.2) is 29.7 Å². The maximum atomic E-state index is 5.54. The molecule has 0 amide bonds. The SMILES string of the molecule is CCC(CCN)Nc1nc(C)cc(OC)n1. The molecule has 0 aliphatic heterocycles. The van der Waals surface area contributed by atoms with Crippen molar-refractivity contribution in [3.8, 4) is 5.88 Å². The van der Waals surface area contributed by atoms with Crippen LogP contribution >= 0.6 is 0 Å². The molecule has 5 heteroatoms. The lowest BCUT2D eigenvalue weighted by molar-refractivity contribution is 0.396. The van der Waals surface area contributed by atoms with Crippen molar-refractivity contribution in [1.29, 1.82) is 0 Å². The van der Waals surface area contributed by atoms with Crippen molar-refractivity contribution in [2.45, 2.75) is 32.7 Å². The van der Waals surface area contributed by atoms with Gasteiger partial charge in [0.15, 0.2) is 0 Å². The second-order valence-corrected chi connectivity index (χ2v) is 3.70. The second-order valence-electron chi connectivity index (χ2n) is 3.70. The quantitative estimate of drug-likeness (QED) is 0.762. The predicted octanol–water partition coefficient (Wildman–Crippen LogP) is 1.33. The molecule has 0 spiro atoms. The van der Waals surface area contributed by atoms with E-state index in [1.807, 2.05) is 6.92 Å². The number of nitrogens with one attached hydrogen (secondary N) is 1. The summed E-state index contributed by atoms with van der Waals surface area (Å²) in [6, 6.07) is 2.12. The van der Waals surface area contributed by atoms with E-state index in [-0.39, 0.29) is 0 Å². The van der Waals surface area contributed by atoms with E-state index in [9.17, 15) is 0 Å².